The van der Waals surface area contributed by atoms with Crippen molar-refractivity contribution in [1.82, 2.24) is 14.9 Å². The van der Waals surface area contributed by atoms with Crippen molar-refractivity contribution in [1.29, 1.82) is 0 Å². The summed E-state index contributed by atoms with van der Waals surface area (Å²) in [7, 11) is 0. The van der Waals surface area contributed by atoms with Crippen molar-refractivity contribution in [3.63, 3.8) is 0 Å². The lowest BCUT2D eigenvalue weighted by atomic mass is 10.1. The van der Waals surface area contributed by atoms with Crippen molar-refractivity contribution in [3.05, 3.63) is 69.8 Å². The van der Waals surface area contributed by atoms with E-state index in [9.17, 15) is 4.39 Å². The first kappa shape index (κ1) is 20.3. The molecule has 31 heavy (non-hydrogen) atoms. The summed E-state index contributed by atoms with van der Waals surface area (Å²) >= 11 is 7.63. The number of anilines is 2. The Labute approximate surface area is 188 Å². The van der Waals surface area contributed by atoms with Gasteiger partial charge in [-0.3, -0.25) is 4.90 Å². The van der Waals surface area contributed by atoms with Gasteiger partial charge in [-0.05, 0) is 52.9 Å². The van der Waals surface area contributed by atoms with Gasteiger partial charge in [-0.15, -0.1) is 11.3 Å². The molecule has 4 aromatic rings. The van der Waals surface area contributed by atoms with Crippen LogP contribution in [0.4, 0.5) is 16.0 Å². The number of morpholine rings is 1. The Hall–Kier alpha value is -2.58. The maximum Gasteiger partial charge on any atom is 0.227 e. The maximum atomic E-state index is 13.3. The number of aromatic nitrogens is 2. The van der Waals surface area contributed by atoms with Gasteiger partial charge in [0.05, 0.1) is 23.8 Å². The number of rotatable bonds is 5. The van der Waals surface area contributed by atoms with E-state index in [0.717, 1.165) is 49.3 Å². The summed E-state index contributed by atoms with van der Waals surface area (Å²) in [5.74, 6) is -0.0213. The predicted octanol–water partition coefficient (Wildman–Crippen LogP) is 5.73. The first-order chi connectivity index (χ1) is 15.1. The molecule has 0 amide bonds. The first-order valence-corrected chi connectivity index (χ1v) is 11.3. The zero-order chi connectivity index (χ0) is 21.2. The Morgan fingerprint density at radius 2 is 1.97 bits per heavy atom. The van der Waals surface area contributed by atoms with Crippen LogP contribution in [-0.4, -0.2) is 41.2 Å². The van der Waals surface area contributed by atoms with Gasteiger partial charge in [-0.2, -0.15) is 0 Å². The average molecular weight is 455 g/mol. The Bertz CT molecular complexity index is 1230. The van der Waals surface area contributed by atoms with Crippen molar-refractivity contribution >= 4 is 45.5 Å². The van der Waals surface area contributed by atoms with Crippen LogP contribution in [0.2, 0.25) is 5.02 Å². The third-order valence-corrected chi connectivity index (χ3v) is 6.44. The highest BCUT2D eigenvalue weighted by atomic mass is 35.5. The van der Waals surface area contributed by atoms with Crippen LogP contribution >= 0.6 is 22.9 Å². The standard InChI is InChI=1S/C23H20ClFN4OS/c24-20-11-18(2-3-21(20)25)27-23-26-12-16-9-15(1-4-22(16)28-23)17-10-19(31-14-17)13-29-5-7-30-8-6-29/h1-4,9-12,14H,5-8,13H2,(H,26,27,28). The van der Waals surface area contributed by atoms with E-state index < -0.39 is 5.82 Å². The van der Waals surface area contributed by atoms with Crippen LogP contribution in [0.3, 0.4) is 0 Å². The predicted molar refractivity (Wildman–Crippen MR) is 124 cm³/mol. The molecule has 1 aliphatic rings. The minimum Gasteiger partial charge on any atom is -0.379 e. The molecule has 5 nitrogen and oxygen atoms in total. The van der Waals surface area contributed by atoms with Crippen LogP contribution in [0.25, 0.3) is 22.0 Å². The van der Waals surface area contributed by atoms with Gasteiger partial charge in [-0.1, -0.05) is 17.7 Å². The largest absolute Gasteiger partial charge is 0.379 e. The van der Waals surface area contributed by atoms with Crippen LogP contribution in [0.5, 0.6) is 0 Å². The second-order valence-electron chi connectivity index (χ2n) is 7.41. The van der Waals surface area contributed by atoms with E-state index in [-0.39, 0.29) is 5.02 Å². The number of nitrogens with zero attached hydrogens (tertiary/aromatic N) is 3. The summed E-state index contributed by atoms with van der Waals surface area (Å²) in [5, 5.41) is 6.28. The third kappa shape index (κ3) is 4.70. The van der Waals surface area contributed by atoms with E-state index in [1.165, 1.54) is 22.6 Å². The van der Waals surface area contributed by atoms with Crippen molar-refractivity contribution < 1.29 is 9.13 Å². The average Bonchev–Trinajstić information content (AvgIpc) is 3.25. The van der Waals surface area contributed by atoms with E-state index in [4.69, 9.17) is 16.3 Å². The third-order valence-electron chi connectivity index (χ3n) is 5.23. The quantitative estimate of drug-likeness (QED) is 0.417. The minimum atomic E-state index is -0.458. The number of hydrogen-bond acceptors (Lipinski definition) is 6. The zero-order valence-electron chi connectivity index (χ0n) is 16.6. The van der Waals surface area contributed by atoms with E-state index in [1.54, 1.807) is 23.6 Å². The highest BCUT2D eigenvalue weighted by Crippen LogP contribution is 2.29. The molecular formula is C23H20ClFN4OS. The number of thiophene rings is 1. The van der Waals surface area contributed by atoms with Gasteiger partial charge in [0.1, 0.15) is 5.82 Å². The second-order valence-corrected chi connectivity index (χ2v) is 8.81. The van der Waals surface area contributed by atoms with Gasteiger partial charge in [0.25, 0.3) is 0 Å². The number of halogens is 2. The molecule has 2 aromatic heterocycles. The number of fused-ring (bicyclic) bond motifs is 1. The van der Waals surface area contributed by atoms with Crippen LogP contribution in [0, 0.1) is 5.82 Å². The lowest BCUT2D eigenvalue weighted by molar-refractivity contribution is 0.0346. The lowest BCUT2D eigenvalue weighted by Crippen LogP contribution is -2.35. The van der Waals surface area contributed by atoms with Gasteiger partial charge in [0, 0.05) is 41.8 Å². The van der Waals surface area contributed by atoms with Crippen molar-refractivity contribution in [3.8, 4) is 11.1 Å². The molecular weight excluding hydrogens is 435 g/mol. The normalized spacial score (nSPS) is 14.8. The van der Waals surface area contributed by atoms with E-state index in [1.807, 2.05) is 6.07 Å². The molecule has 0 atom stereocenters. The monoisotopic (exact) mass is 454 g/mol. The van der Waals surface area contributed by atoms with Crippen LogP contribution in [-0.2, 0) is 11.3 Å². The van der Waals surface area contributed by atoms with Gasteiger partial charge in [-0.25, -0.2) is 14.4 Å². The molecule has 0 radical (unpaired) electrons. The molecule has 5 rings (SSSR count). The smallest absolute Gasteiger partial charge is 0.227 e. The molecule has 2 aromatic carbocycles. The van der Waals surface area contributed by atoms with E-state index in [2.05, 4.69) is 43.8 Å². The summed E-state index contributed by atoms with van der Waals surface area (Å²) in [6.45, 7) is 4.57. The summed E-state index contributed by atoms with van der Waals surface area (Å²) in [5.41, 5.74) is 3.82. The summed E-state index contributed by atoms with van der Waals surface area (Å²) in [6.07, 6.45) is 1.79. The first-order valence-electron chi connectivity index (χ1n) is 10.0. The minimum absolute atomic E-state index is 0.0548. The zero-order valence-corrected chi connectivity index (χ0v) is 18.2. The van der Waals surface area contributed by atoms with E-state index in [0.29, 0.717) is 11.6 Å². The molecule has 1 N–H and O–H groups in total. The highest BCUT2D eigenvalue weighted by molar-refractivity contribution is 7.10. The fourth-order valence-corrected chi connectivity index (χ4v) is 4.69. The number of ether oxygens (including phenoxy) is 1. The highest BCUT2D eigenvalue weighted by Gasteiger charge is 2.13. The molecule has 1 saturated heterocycles. The molecule has 0 saturated carbocycles. The number of benzene rings is 2. The van der Waals surface area contributed by atoms with Gasteiger partial charge in [0.15, 0.2) is 0 Å². The number of hydrogen-bond donors (Lipinski definition) is 1. The van der Waals surface area contributed by atoms with Crippen LogP contribution in [0.1, 0.15) is 4.88 Å². The molecule has 8 heteroatoms. The molecule has 3 heterocycles. The van der Waals surface area contributed by atoms with Gasteiger partial charge >= 0.3 is 0 Å². The second kappa shape index (κ2) is 8.88. The summed E-state index contributed by atoms with van der Waals surface area (Å²) < 4.78 is 18.8. The topological polar surface area (TPSA) is 50.3 Å². The van der Waals surface area contributed by atoms with Gasteiger partial charge < -0.3 is 10.1 Å². The van der Waals surface area contributed by atoms with Crippen molar-refractivity contribution in [2.75, 3.05) is 31.6 Å². The van der Waals surface area contributed by atoms with Crippen molar-refractivity contribution in [2.45, 2.75) is 6.54 Å². The van der Waals surface area contributed by atoms with E-state index >= 15 is 0 Å². The SMILES string of the molecule is Fc1ccc(Nc2ncc3cc(-c4csc(CN5CCOCC5)c4)ccc3n2)cc1Cl. The fourth-order valence-electron chi connectivity index (χ4n) is 3.57. The van der Waals surface area contributed by atoms with Crippen LogP contribution < -0.4 is 5.32 Å². The lowest BCUT2D eigenvalue weighted by Gasteiger charge is -2.25. The molecule has 0 unspecified atom stereocenters. The fraction of sp³-hybridized carbons (Fsp3) is 0.217. The maximum absolute atomic E-state index is 13.3. The number of nitrogens with one attached hydrogen (secondary N) is 1. The van der Waals surface area contributed by atoms with Crippen LogP contribution in [0.15, 0.2) is 54.0 Å². The van der Waals surface area contributed by atoms with Gasteiger partial charge in [0.2, 0.25) is 5.95 Å². The Morgan fingerprint density at radius 3 is 2.81 bits per heavy atom. The Balaban J connectivity index is 1.33. The molecule has 1 fully saturated rings. The summed E-state index contributed by atoms with van der Waals surface area (Å²) in [6, 6.07) is 12.9. The Morgan fingerprint density at radius 1 is 1.10 bits per heavy atom. The molecule has 0 spiro atoms. The summed E-state index contributed by atoms with van der Waals surface area (Å²) in [4.78, 5) is 12.7. The Kier molecular flexibility index (Phi) is 5.82. The molecule has 158 valence electrons. The molecule has 1 aliphatic heterocycles. The molecule has 0 bridgehead atoms. The molecule has 0 aliphatic carbocycles. The van der Waals surface area contributed by atoms with Crippen molar-refractivity contribution in [2.24, 2.45) is 0 Å².